The molecule has 3 heterocycles. The minimum Gasteiger partial charge on any atom is -0.436 e. The number of halogens is 2. The number of hydrogen-bond acceptors (Lipinski definition) is 6. The van der Waals surface area contributed by atoms with E-state index in [0.29, 0.717) is 20.5 Å². The maximum Gasteiger partial charge on any atom is 0.285 e. The van der Waals surface area contributed by atoms with Crippen LogP contribution in [0.2, 0.25) is 5.28 Å². The zero-order chi connectivity index (χ0) is 24.0. The largest absolute Gasteiger partial charge is 0.436 e. The second kappa shape index (κ2) is 8.83. The van der Waals surface area contributed by atoms with Gasteiger partial charge < -0.3 is 4.74 Å². The number of nitrogens with zero attached hydrogens (tertiary/aromatic N) is 4. The van der Waals surface area contributed by atoms with Gasteiger partial charge in [0, 0.05) is 17.0 Å². The van der Waals surface area contributed by atoms with Crippen LogP contribution in [-0.4, -0.2) is 24.9 Å². The Bertz CT molecular complexity index is 1500. The maximum atomic E-state index is 14.3. The number of fused-ring (bicyclic) bond motifs is 1. The Morgan fingerprint density at radius 3 is 2.62 bits per heavy atom. The molecule has 0 radical (unpaired) electrons. The van der Waals surface area contributed by atoms with Gasteiger partial charge >= 0.3 is 0 Å². The molecule has 0 bridgehead atoms. The Morgan fingerprint density at radius 1 is 1.12 bits per heavy atom. The van der Waals surface area contributed by atoms with Gasteiger partial charge in [0.15, 0.2) is 4.32 Å². The van der Waals surface area contributed by atoms with Gasteiger partial charge in [-0.2, -0.15) is 14.4 Å². The number of hydrogen-bond donors (Lipinski definition) is 0. The molecule has 0 saturated carbocycles. The molecule has 4 aromatic rings. The number of amides is 1. The van der Waals surface area contributed by atoms with E-state index >= 15 is 0 Å². The first-order valence-corrected chi connectivity index (χ1v) is 11.7. The van der Waals surface area contributed by atoms with E-state index in [2.05, 4.69) is 9.97 Å². The van der Waals surface area contributed by atoms with Crippen molar-refractivity contribution in [2.24, 2.45) is 0 Å². The zero-order valence-corrected chi connectivity index (χ0v) is 20.3. The first kappa shape index (κ1) is 22.5. The summed E-state index contributed by atoms with van der Waals surface area (Å²) in [5, 5.41) is 3.08. The summed E-state index contributed by atoms with van der Waals surface area (Å²) in [6.07, 6.45) is 2.66. The van der Waals surface area contributed by atoms with Gasteiger partial charge in [0.1, 0.15) is 5.75 Å². The van der Waals surface area contributed by atoms with Gasteiger partial charge in [0.25, 0.3) is 11.8 Å². The van der Waals surface area contributed by atoms with Crippen molar-refractivity contribution in [2.45, 2.75) is 13.8 Å². The third kappa shape index (κ3) is 3.96. The fourth-order valence-electron chi connectivity index (χ4n) is 3.76. The van der Waals surface area contributed by atoms with Crippen LogP contribution >= 0.6 is 35.6 Å². The van der Waals surface area contributed by atoms with Crippen LogP contribution in [0.4, 0.5) is 4.39 Å². The molecule has 1 aliphatic heterocycles. The Kier molecular flexibility index (Phi) is 5.85. The number of thiocarbonyl (C=S) groups is 1. The number of thioether (sulfide) groups is 1. The third-order valence-electron chi connectivity index (χ3n) is 5.30. The minimum absolute atomic E-state index is 0.142. The Labute approximate surface area is 209 Å². The molecule has 170 valence electrons. The van der Waals surface area contributed by atoms with Gasteiger partial charge in [-0.3, -0.25) is 9.47 Å². The van der Waals surface area contributed by atoms with Crippen molar-refractivity contribution in [1.29, 1.82) is 0 Å². The average molecular weight is 511 g/mol. The van der Waals surface area contributed by atoms with Gasteiger partial charge in [-0.25, -0.2) is 4.98 Å². The van der Waals surface area contributed by atoms with E-state index in [1.807, 2.05) is 56.3 Å². The molecule has 34 heavy (non-hydrogen) atoms. The Balaban J connectivity index is 1.63. The number of carbonyl (C=O) groups is 1. The highest BCUT2D eigenvalue weighted by molar-refractivity contribution is 8.27. The molecule has 1 aliphatic rings. The van der Waals surface area contributed by atoms with E-state index in [9.17, 15) is 9.18 Å². The first-order chi connectivity index (χ1) is 16.3. The lowest BCUT2D eigenvalue weighted by Crippen LogP contribution is -2.39. The van der Waals surface area contributed by atoms with E-state index in [0.717, 1.165) is 28.4 Å². The number of aromatic nitrogens is 3. The topological polar surface area (TPSA) is 60.2 Å². The summed E-state index contributed by atoms with van der Waals surface area (Å²) in [5.41, 5.74) is 2.37. The Hall–Kier alpha value is -3.27. The zero-order valence-electron chi connectivity index (χ0n) is 18.0. The average Bonchev–Trinajstić information content (AvgIpc) is 3.28. The van der Waals surface area contributed by atoms with Gasteiger partial charge in [0.05, 0.1) is 11.1 Å². The highest BCUT2D eigenvalue weighted by atomic mass is 35.5. The molecule has 2 aromatic carbocycles. The summed E-state index contributed by atoms with van der Waals surface area (Å²) in [6.45, 7) is 3.82. The van der Waals surface area contributed by atoms with Crippen molar-refractivity contribution in [1.82, 2.24) is 14.6 Å². The maximum absolute atomic E-state index is 14.3. The van der Waals surface area contributed by atoms with Crippen LogP contribution in [0.5, 0.6) is 11.6 Å². The quantitative estimate of drug-likeness (QED) is 0.186. The SMILES string of the molecule is Cc1ccc(C)n1N1C(=O)/C(=C\c2c(Oc3nc(Cl)ncc3F)ccc3ccccc23)SC1=S. The van der Waals surface area contributed by atoms with Crippen LogP contribution in [0, 0.1) is 19.7 Å². The standard InChI is InChI=1S/C24H16ClFN4O2S2/c1-13-7-8-14(2)29(13)30-22(31)20(34-24(30)33)11-17-16-6-4-3-5-15(16)9-10-19(17)32-21-18(26)12-27-23(25)28-21/h3-12H,1-2H3/b20-11+. The second-order valence-corrected chi connectivity index (χ2v) is 9.53. The molecule has 0 atom stereocenters. The van der Waals surface area contributed by atoms with Crippen LogP contribution in [0.3, 0.4) is 0 Å². The monoisotopic (exact) mass is 510 g/mol. The fourth-order valence-corrected chi connectivity index (χ4v) is 5.11. The summed E-state index contributed by atoms with van der Waals surface area (Å²) in [4.78, 5) is 21.3. The summed E-state index contributed by atoms with van der Waals surface area (Å²) >= 11 is 12.6. The number of carbonyl (C=O) groups excluding carboxylic acids is 1. The van der Waals surface area contributed by atoms with E-state index < -0.39 is 5.82 Å². The van der Waals surface area contributed by atoms with Gasteiger partial charge in [-0.15, -0.1) is 0 Å². The highest BCUT2D eigenvalue weighted by Gasteiger charge is 2.35. The molecule has 1 amide bonds. The summed E-state index contributed by atoms with van der Waals surface area (Å²) in [7, 11) is 0. The van der Waals surface area contributed by atoms with Gasteiger partial charge in [-0.05, 0) is 72.7 Å². The molecule has 0 N–H and O–H groups in total. The smallest absolute Gasteiger partial charge is 0.285 e. The van der Waals surface area contributed by atoms with Crippen molar-refractivity contribution in [2.75, 3.05) is 5.01 Å². The molecule has 1 fully saturated rings. The molecule has 2 aromatic heterocycles. The van der Waals surface area contributed by atoms with E-state index in [1.54, 1.807) is 16.8 Å². The van der Waals surface area contributed by atoms with Crippen LogP contribution < -0.4 is 9.75 Å². The first-order valence-electron chi connectivity index (χ1n) is 10.1. The molecule has 5 rings (SSSR count). The predicted octanol–water partition coefficient (Wildman–Crippen LogP) is 6.17. The lowest BCUT2D eigenvalue weighted by atomic mass is 10.0. The minimum atomic E-state index is -0.756. The molecular formula is C24H16ClFN4O2S2. The summed E-state index contributed by atoms with van der Waals surface area (Å²) < 4.78 is 22.3. The molecule has 10 heteroatoms. The highest BCUT2D eigenvalue weighted by Crippen LogP contribution is 2.38. The van der Waals surface area contributed by atoms with Crippen LogP contribution in [0.1, 0.15) is 17.0 Å². The molecule has 0 spiro atoms. The molecule has 1 saturated heterocycles. The Morgan fingerprint density at radius 2 is 1.85 bits per heavy atom. The van der Waals surface area contributed by atoms with Crippen molar-refractivity contribution < 1.29 is 13.9 Å². The molecule has 0 unspecified atom stereocenters. The number of rotatable bonds is 4. The lowest BCUT2D eigenvalue weighted by Gasteiger charge is -2.20. The second-order valence-electron chi connectivity index (χ2n) is 7.51. The summed E-state index contributed by atoms with van der Waals surface area (Å²) in [6, 6.07) is 15.0. The third-order valence-corrected chi connectivity index (χ3v) is 6.77. The van der Waals surface area contributed by atoms with Gasteiger partial charge in [0.2, 0.25) is 11.1 Å². The van der Waals surface area contributed by atoms with Crippen molar-refractivity contribution in [3.63, 3.8) is 0 Å². The van der Waals surface area contributed by atoms with Crippen LogP contribution in [-0.2, 0) is 4.79 Å². The fraction of sp³-hybridized carbons (Fsp3) is 0.0833. The van der Waals surface area contributed by atoms with Gasteiger partial charge in [-0.1, -0.05) is 42.1 Å². The van der Waals surface area contributed by atoms with Crippen LogP contribution in [0.25, 0.3) is 16.8 Å². The van der Waals surface area contributed by atoms with Crippen molar-refractivity contribution in [3.05, 3.63) is 87.7 Å². The number of ether oxygens (including phenoxy) is 1. The predicted molar refractivity (Wildman–Crippen MR) is 136 cm³/mol. The van der Waals surface area contributed by atoms with E-state index in [4.69, 9.17) is 28.6 Å². The lowest BCUT2D eigenvalue weighted by molar-refractivity contribution is -0.114. The van der Waals surface area contributed by atoms with Crippen molar-refractivity contribution in [3.8, 4) is 11.6 Å². The number of aryl methyl sites for hydroxylation is 2. The van der Waals surface area contributed by atoms with E-state index in [1.165, 1.54) is 16.8 Å². The molecule has 6 nitrogen and oxygen atoms in total. The normalized spacial score (nSPS) is 15.1. The summed E-state index contributed by atoms with van der Waals surface area (Å²) in [5.74, 6) is -1.01. The molecular weight excluding hydrogens is 495 g/mol. The molecule has 0 aliphatic carbocycles. The van der Waals surface area contributed by atoms with Crippen molar-refractivity contribution >= 4 is 62.7 Å². The number of benzene rings is 2. The van der Waals surface area contributed by atoms with E-state index in [-0.39, 0.29) is 17.1 Å². The van der Waals surface area contributed by atoms with Crippen LogP contribution in [0.15, 0.2) is 59.6 Å².